The highest BCUT2D eigenvalue weighted by Crippen LogP contribution is 2.02. The molecular weight excluding hydrogens is 124 g/mol. The highest BCUT2D eigenvalue weighted by Gasteiger charge is 2.05. The minimum Gasteiger partial charge on any atom is -0.103 e. The summed E-state index contributed by atoms with van der Waals surface area (Å²) in [4.78, 5) is 0. The van der Waals surface area contributed by atoms with Gasteiger partial charge in [0.05, 0.1) is 9.44 Å². The quantitative estimate of drug-likeness (QED) is 0.419. The van der Waals surface area contributed by atoms with Crippen LogP contribution < -0.4 is 0 Å². The predicted octanol–water partition coefficient (Wildman–Crippen LogP) is 3.00. The summed E-state index contributed by atoms with van der Waals surface area (Å²) in [7, 11) is -1.32. The fourth-order valence-corrected chi connectivity index (χ4v) is 1.18. The number of allylic oxidation sites excluding steroid dienone is 2. The summed E-state index contributed by atoms with van der Waals surface area (Å²) in [5, 5.41) is 0. The zero-order valence-corrected chi connectivity index (χ0v) is 7.57. The first-order chi connectivity index (χ1) is 4.48. The molecule has 0 heterocycles. The van der Waals surface area contributed by atoms with Crippen molar-refractivity contribution in [3.05, 3.63) is 24.4 Å². The van der Waals surface area contributed by atoms with Crippen molar-refractivity contribution in [2.24, 2.45) is 0 Å². The molecule has 0 N–H and O–H groups in total. The molecule has 0 saturated heterocycles. The summed E-state index contributed by atoms with van der Waals surface area (Å²) in [6.07, 6.45) is 4.62. The first kappa shape index (κ1) is 6.81. The molecule has 0 aliphatic carbocycles. The Balaban J connectivity index is 4.05. The lowest BCUT2D eigenvalue weighted by atomic mass is 10.4. The Morgan fingerprint density at radius 1 is 1.56 bits per heavy atom. The van der Waals surface area contributed by atoms with Gasteiger partial charge in [-0.15, -0.1) is 6.58 Å². The Morgan fingerprint density at radius 2 is 2.11 bits per heavy atom. The maximum Gasteiger partial charge on any atom is 0.0683 e. The van der Waals surface area contributed by atoms with Crippen molar-refractivity contribution in [3.63, 3.8) is 0 Å². The van der Waals surface area contributed by atoms with Gasteiger partial charge in [0.2, 0.25) is 0 Å². The molecule has 0 radical (unpaired) electrons. The second-order valence-corrected chi connectivity index (χ2v) is 7.91. The maximum absolute atomic E-state index is 7.60. The third-order valence-corrected chi connectivity index (χ3v) is 1.89. The minimum absolute atomic E-state index is 0.826. The van der Waals surface area contributed by atoms with Crippen LogP contribution in [0.5, 0.6) is 0 Å². The van der Waals surface area contributed by atoms with Gasteiger partial charge < -0.3 is 0 Å². The van der Waals surface area contributed by atoms with E-state index in [2.05, 4.69) is 26.2 Å². The SMILES string of the molecule is [2H]/C(=C/CC=C)[Si](C)(C)C. The van der Waals surface area contributed by atoms with Crippen LogP contribution in [-0.2, 0) is 0 Å². The molecule has 0 bridgehead atoms. The fraction of sp³-hybridized carbons (Fsp3) is 0.500. The van der Waals surface area contributed by atoms with Gasteiger partial charge in [-0.1, -0.05) is 37.5 Å². The minimum atomic E-state index is -1.32. The third-order valence-electron chi connectivity index (χ3n) is 0.820. The molecule has 0 nitrogen and oxygen atoms in total. The lowest BCUT2D eigenvalue weighted by Gasteiger charge is -2.06. The molecular formula is C8H16Si. The Kier molecular flexibility index (Phi) is 2.78. The summed E-state index contributed by atoms with van der Waals surface area (Å²) in [6, 6.07) is 0. The lowest BCUT2D eigenvalue weighted by molar-refractivity contribution is 1.41. The molecule has 0 rings (SSSR count). The van der Waals surface area contributed by atoms with Crippen molar-refractivity contribution in [1.82, 2.24) is 0 Å². The van der Waals surface area contributed by atoms with Gasteiger partial charge in [-0.3, -0.25) is 0 Å². The van der Waals surface area contributed by atoms with E-state index < -0.39 is 8.07 Å². The molecule has 0 aliphatic rings. The Bertz CT molecular complexity index is 142. The lowest BCUT2D eigenvalue weighted by Crippen LogP contribution is -2.15. The predicted molar refractivity (Wildman–Crippen MR) is 47.3 cm³/mol. The van der Waals surface area contributed by atoms with Crippen molar-refractivity contribution in [2.75, 3.05) is 0 Å². The molecule has 0 aromatic carbocycles. The molecule has 0 aliphatic heterocycles. The van der Waals surface area contributed by atoms with E-state index in [1.54, 1.807) is 0 Å². The summed E-state index contributed by atoms with van der Waals surface area (Å²) in [5.74, 6) is 0. The van der Waals surface area contributed by atoms with Crippen molar-refractivity contribution < 1.29 is 1.37 Å². The average Bonchev–Trinajstić information content (AvgIpc) is 1.80. The number of hydrogen-bond donors (Lipinski definition) is 0. The summed E-state index contributed by atoms with van der Waals surface area (Å²) in [6.45, 7) is 10.1. The third kappa shape index (κ3) is 7.70. The molecule has 0 unspecified atom stereocenters. The highest BCUT2D eigenvalue weighted by molar-refractivity contribution is 6.80. The van der Waals surface area contributed by atoms with Crippen LogP contribution in [0.2, 0.25) is 19.6 Å². The van der Waals surface area contributed by atoms with Gasteiger partial charge in [-0.25, -0.2) is 0 Å². The molecule has 1 heteroatoms. The van der Waals surface area contributed by atoms with Crippen LogP contribution in [0.3, 0.4) is 0 Å². The van der Waals surface area contributed by atoms with Gasteiger partial charge in [-0.2, -0.15) is 0 Å². The van der Waals surface area contributed by atoms with E-state index in [9.17, 15) is 0 Å². The smallest absolute Gasteiger partial charge is 0.0683 e. The van der Waals surface area contributed by atoms with Gasteiger partial charge in [0.25, 0.3) is 0 Å². The van der Waals surface area contributed by atoms with Gasteiger partial charge in [0.15, 0.2) is 0 Å². The van der Waals surface area contributed by atoms with Crippen molar-refractivity contribution >= 4 is 8.07 Å². The molecule has 0 fully saturated rings. The molecule has 0 aromatic rings. The second kappa shape index (κ2) is 3.67. The van der Waals surface area contributed by atoms with E-state index in [0.717, 1.165) is 12.1 Å². The van der Waals surface area contributed by atoms with Crippen LogP contribution in [0.1, 0.15) is 7.79 Å². The first-order valence-electron chi connectivity index (χ1n) is 3.76. The molecule has 0 saturated carbocycles. The number of hydrogen-bond acceptors (Lipinski definition) is 0. The molecule has 9 heavy (non-hydrogen) atoms. The summed E-state index contributed by atoms with van der Waals surface area (Å²) < 4.78 is 7.60. The zero-order chi connectivity index (χ0) is 8.20. The van der Waals surface area contributed by atoms with Gasteiger partial charge in [-0.05, 0) is 6.42 Å². The van der Waals surface area contributed by atoms with E-state index in [1.165, 1.54) is 0 Å². The van der Waals surface area contributed by atoms with Crippen LogP contribution in [0.25, 0.3) is 0 Å². The normalized spacial score (nSPS) is 15.0. The summed E-state index contributed by atoms with van der Waals surface area (Å²) >= 11 is 0. The van der Waals surface area contributed by atoms with Crippen LogP contribution in [0.4, 0.5) is 0 Å². The van der Waals surface area contributed by atoms with Crippen molar-refractivity contribution in [2.45, 2.75) is 26.1 Å². The highest BCUT2D eigenvalue weighted by atomic mass is 28.3. The maximum atomic E-state index is 7.60. The van der Waals surface area contributed by atoms with E-state index in [-0.39, 0.29) is 0 Å². The number of rotatable bonds is 3. The van der Waals surface area contributed by atoms with Crippen LogP contribution in [0.15, 0.2) is 24.4 Å². The van der Waals surface area contributed by atoms with Crippen LogP contribution >= 0.6 is 0 Å². The van der Waals surface area contributed by atoms with Gasteiger partial charge in [0.1, 0.15) is 0 Å². The van der Waals surface area contributed by atoms with Crippen LogP contribution in [0, 0.1) is 0 Å². The van der Waals surface area contributed by atoms with E-state index in [1.807, 2.05) is 12.2 Å². The van der Waals surface area contributed by atoms with E-state index in [0.29, 0.717) is 0 Å². The van der Waals surface area contributed by atoms with E-state index in [4.69, 9.17) is 1.37 Å². The van der Waals surface area contributed by atoms with Gasteiger partial charge in [0, 0.05) is 0 Å². The molecule has 0 atom stereocenters. The van der Waals surface area contributed by atoms with Crippen molar-refractivity contribution in [3.8, 4) is 0 Å². The second-order valence-electron chi connectivity index (χ2n) is 3.12. The first-order valence-corrected chi connectivity index (χ1v) is 6.76. The monoisotopic (exact) mass is 141 g/mol. The van der Waals surface area contributed by atoms with Crippen molar-refractivity contribution in [1.29, 1.82) is 0 Å². The average molecular weight is 141 g/mol. The molecule has 0 spiro atoms. The fourth-order valence-electron chi connectivity index (χ4n) is 0.448. The Labute approximate surface area is 60.7 Å². The standard InChI is InChI=1S/C8H16Si/c1-5-6-7-8-9(2,3)4/h5,7-8H,1,6H2,2-4H3/b8-7-/i8D. The molecule has 0 amide bonds. The molecule has 52 valence electrons. The largest absolute Gasteiger partial charge is 0.103 e. The zero-order valence-electron chi connectivity index (χ0n) is 7.57. The van der Waals surface area contributed by atoms with E-state index >= 15 is 0 Å². The Morgan fingerprint density at radius 3 is 2.44 bits per heavy atom. The molecule has 0 aromatic heterocycles. The summed E-state index contributed by atoms with van der Waals surface area (Å²) in [5.41, 5.74) is 0.826. The van der Waals surface area contributed by atoms with Gasteiger partial charge >= 0.3 is 0 Å². The topological polar surface area (TPSA) is 0 Å². The Hall–Kier alpha value is -0.303. The van der Waals surface area contributed by atoms with Crippen LogP contribution in [-0.4, -0.2) is 8.07 Å².